The third kappa shape index (κ3) is 3.45. The fourth-order valence-corrected chi connectivity index (χ4v) is 3.17. The Hall–Kier alpha value is -3.28. The predicted octanol–water partition coefficient (Wildman–Crippen LogP) is 4.84. The standard InChI is InChI=1S/C22H20F2N2O2/c1-4-7-17-13(2)25-21(18-10-6-11-19(24)20(18)27)26(22(17)28)14(3)15-8-5-9-16(23)12-15/h4-12,14,27H,1-3H3/b7-4-. The van der Waals surface area contributed by atoms with Gasteiger partial charge in [-0.3, -0.25) is 9.36 Å². The summed E-state index contributed by atoms with van der Waals surface area (Å²) >= 11 is 0. The van der Waals surface area contributed by atoms with Gasteiger partial charge >= 0.3 is 0 Å². The van der Waals surface area contributed by atoms with Crippen LogP contribution in [0.2, 0.25) is 0 Å². The van der Waals surface area contributed by atoms with E-state index < -0.39 is 23.4 Å². The van der Waals surface area contributed by atoms with Gasteiger partial charge < -0.3 is 5.11 Å². The number of aromatic hydroxyl groups is 1. The van der Waals surface area contributed by atoms with Crippen molar-refractivity contribution in [2.24, 2.45) is 0 Å². The monoisotopic (exact) mass is 382 g/mol. The fourth-order valence-electron chi connectivity index (χ4n) is 3.17. The Morgan fingerprint density at radius 3 is 2.57 bits per heavy atom. The summed E-state index contributed by atoms with van der Waals surface area (Å²) in [5.74, 6) is -1.72. The number of allylic oxidation sites excluding steroid dienone is 1. The van der Waals surface area contributed by atoms with Crippen LogP contribution < -0.4 is 5.56 Å². The van der Waals surface area contributed by atoms with Gasteiger partial charge in [0.25, 0.3) is 5.56 Å². The first-order valence-corrected chi connectivity index (χ1v) is 8.84. The van der Waals surface area contributed by atoms with Crippen molar-refractivity contribution in [2.75, 3.05) is 0 Å². The Labute approximate surface area is 161 Å². The molecule has 0 saturated heterocycles. The number of para-hydroxylation sites is 1. The molecule has 4 nitrogen and oxygen atoms in total. The largest absolute Gasteiger partial charge is 0.504 e. The minimum Gasteiger partial charge on any atom is -0.504 e. The zero-order chi connectivity index (χ0) is 20.4. The van der Waals surface area contributed by atoms with Crippen LogP contribution in [0.5, 0.6) is 5.75 Å². The molecule has 1 N–H and O–H groups in total. The van der Waals surface area contributed by atoms with Crippen LogP contribution in [0, 0.1) is 18.6 Å². The molecule has 0 aliphatic heterocycles. The van der Waals surface area contributed by atoms with Gasteiger partial charge in [-0.25, -0.2) is 13.8 Å². The van der Waals surface area contributed by atoms with Crippen molar-refractivity contribution < 1.29 is 13.9 Å². The van der Waals surface area contributed by atoms with Crippen LogP contribution in [-0.4, -0.2) is 14.7 Å². The van der Waals surface area contributed by atoms with E-state index in [0.717, 1.165) is 6.07 Å². The third-order valence-electron chi connectivity index (χ3n) is 4.62. The number of phenols is 1. The van der Waals surface area contributed by atoms with Crippen molar-refractivity contribution in [3.8, 4) is 17.1 Å². The number of phenolic OH excluding ortho intramolecular Hbond substituents is 1. The fraction of sp³-hybridized carbons (Fsp3) is 0.182. The molecule has 0 aliphatic carbocycles. The van der Waals surface area contributed by atoms with E-state index in [2.05, 4.69) is 4.98 Å². The lowest BCUT2D eigenvalue weighted by atomic mass is 10.1. The lowest BCUT2D eigenvalue weighted by molar-refractivity contribution is 0.433. The Morgan fingerprint density at radius 1 is 1.18 bits per heavy atom. The number of nitrogens with zero attached hydrogens (tertiary/aromatic N) is 2. The van der Waals surface area contributed by atoms with E-state index in [0.29, 0.717) is 16.8 Å². The first-order valence-electron chi connectivity index (χ1n) is 8.84. The second-order valence-electron chi connectivity index (χ2n) is 6.48. The highest BCUT2D eigenvalue weighted by Crippen LogP contribution is 2.32. The van der Waals surface area contributed by atoms with Gasteiger partial charge in [0.2, 0.25) is 0 Å². The first-order chi connectivity index (χ1) is 13.3. The van der Waals surface area contributed by atoms with Crippen LogP contribution >= 0.6 is 0 Å². The molecule has 0 spiro atoms. The lowest BCUT2D eigenvalue weighted by Crippen LogP contribution is -2.29. The molecule has 1 heterocycles. The third-order valence-corrected chi connectivity index (χ3v) is 4.62. The van der Waals surface area contributed by atoms with E-state index in [1.165, 1.54) is 28.8 Å². The maximum absolute atomic E-state index is 13.9. The van der Waals surface area contributed by atoms with Gasteiger partial charge in [0.05, 0.1) is 22.9 Å². The van der Waals surface area contributed by atoms with Gasteiger partial charge in [-0.1, -0.05) is 30.4 Å². The van der Waals surface area contributed by atoms with E-state index in [4.69, 9.17) is 0 Å². The smallest absolute Gasteiger partial charge is 0.261 e. The molecule has 2 aromatic carbocycles. The molecular formula is C22H20F2N2O2. The number of hydrogen-bond acceptors (Lipinski definition) is 3. The van der Waals surface area contributed by atoms with Crippen molar-refractivity contribution >= 4 is 6.08 Å². The molecule has 6 heteroatoms. The van der Waals surface area contributed by atoms with Gasteiger partial charge in [0, 0.05) is 0 Å². The summed E-state index contributed by atoms with van der Waals surface area (Å²) < 4.78 is 29.0. The molecule has 0 amide bonds. The number of benzene rings is 2. The van der Waals surface area contributed by atoms with Gasteiger partial charge in [0.15, 0.2) is 11.6 Å². The maximum atomic E-state index is 13.9. The maximum Gasteiger partial charge on any atom is 0.261 e. The van der Waals surface area contributed by atoms with Gasteiger partial charge in [0.1, 0.15) is 11.6 Å². The highest BCUT2D eigenvalue weighted by molar-refractivity contribution is 5.66. The number of hydrogen-bond donors (Lipinski definition) is 1. The Balaban J connectivity index is 2.36. The second-order valence-corrected chi connectivity index (χ2v) is 6.48. The summed E-state index contributed by atoms with van der Waals surface area (Å²) in [6, 6.07) is 9.35. The van der Waals surface area contributed by atoms with Crippen LogP contribution in [0.4, 0.5) is 8.78 Å². The number of aryl methyl sites for hydroxylation is 1. The van der Waals surface area contributed by atoms with E-state index in [1.54, 1.807) is 45.1 Å². The Kier molecular flexibility index (Phi) is 5.40. The predicted molar refractivity (Wildman–Crippen MR) is 105 cm³/mol. The van der Waals surface area contributed by atoms with Crippen LogP contribution in [-0.2, 0) is 0 Å². The second kappa shape index (κ2) is 7.76. The number of halogens is 2. The van der Waals surface area contributed by atoms with Crippen molar-refractivity contribution in [3.63, 3.8) is 0 Å². The van der Waals surface area contributed by atoms with Crippen LogP contribution in [0.25, 0.3) is 17.5 Å². The molecule has 0 aliphatic rings. The van der Waals surface area contributed by atoms with E-state index >= 15 is 0 Å². The van der Waals surface area contributed by atoms with Crippen LogP contribution in [0.15, 0.2) is 53.3 Å². The average Bonchev–Trinajstić information content (AvgIpc) is 2.66. The summed E-state index contributed by atoms with van der Waals surface area (Å²) in [4.78, 5) is 17.8. The van der Waals surface area contributed by atoms with E-state index in [-0.39, 0.29) is 16.9 Å². The summed E-state index contributed by atoms with van der Waals surface area (Å²) in [5, 5.41) is 10.2. The average molecular weight is 382 g/mol. The molecule has 1 unspecified atom stereocenters. The first kappa shape index (κ1) is 19.5. The summed E-state index contributed by atoms with van der Waals surface area (Å²) in [5.41, 5.74) is 1.11. The number of rotatable bonds is 4. The molecule has 0 saturated carbocycles. The molecule has 28 heavy (non-hydrogen) atoms. The molecule has 0 radical (unpaired) electrons. The highest BCUT2D eigenvalue weighted by atomic mass is 19.1. The zero-order valence-electron chi connectivity index (χ0n) is 15.8. The topological polar surface area (TPSA) is 55.1 Å². The molecule has 3 rings (SSSR count). The minimum atomic E-state index is -0.813. The lowest BCUT2D eigenvalue weighted by Gasteiger charge is -2.22. The normalized spacial score (nSPS) is 12.5. The summed E-state index contributed by atoms with van der Waals surface area (Å²) in [6.45, 7) is 5.19. The summed E-state index contributed by atoms with van der Waals surface area (Å²) in [6.07, 6.45) is 3.37. The van der Waals surface area contributed by atoms with Crippen LogP contribution in [0.3, 0.4) is 0 Å². The molecule has 1 aromatic heterocycles. The Morgan fingerprint density at radius 2 is 1.89 bits per heavy atom. The van der Waals surface area contributed by atoms with Crippen molar-refractivity contribution in [1.82, 2.24) is 9.55 Å². The molecule has 144 valence electrons. The summed E-state index contributed by atoms with van der Waals surface area (Å²) in [7, 11) is 0. The van der Waals surface area contributed by atoms with Crippen molar-refractivity contribution in [1.29, 1.82) is 0 Å². The molecular weight excluding hydrogens is 362 g/mol. The van der Waals surface area contributed by atoms with Gasteiger partial charge in [-0.2, -0.15) is 0 Å². The number of aromatic nitrogens is 2. The highest BCUT2D eigenvalue weighted by Gasteiger charge is 2.22. The molecule has 3 aromatic rings. The van der Waals surface area contributed by atoms with Gasteiger partial charge in [-0.15, -0.1) is 0 Å². The van der Waals surface area contributed by atoms with Crippen molar-refractivity contribution in [2.45, 2.75) is 26.8 Å². The molecule has 0 fully saturated rings. The molecule has 1 atom stereocenters. The van der Waals surface area contributed by atoms with E-state index in [1.807, 2.05) is 0 Å². The Bertz CT molecular complexity index is 1120. The quantitative estimate of drug-likeness (QED) is 0.702. The van der Waals surface area contributed by atoms with Crippen molar-refractivity contribution in [3.05, 3.63) is 87.3 Å². The van der Waals surface area contributed by atoms with E-state index in [9.17, 15) is 18.7 Å². The van der Waals surface area contributed by atoms with Gasteiger partial charge in [-0.05, 0) is 50.6 Å². The molecule has 0 bridgehead atoms. The SMILES string of the molecule is C/C=C\c1c(C)nc(-c2cccc(F)c2O)n(C(C)c2cccc(F)c2)c1=O. The minimum absolute atomic E-state index is 0.0930. The van der Waals surface area contributed by atoms with Crippen LogP contribution in [0.1, 0.15) is 36.7 Å². The zero-order valence-corrected chi connectivity index (χ0v) is 15.8.